The Bertz CT molecular complexity index is 257. The van der Waals surface area contributed by atoms with Crippen molar-refractivity contribution < 1.29 is 18.3 Å². The predicted octanol–water partition coefficient (Wildman–Crippen LogP) is 1.79. The summed E-state index contributed by atoms with van der Waals surface area (Å²) in [7, 11) is -1.32. The monoisotopic (exact) mass is 365 g/mol. The SMILES string of the molecule is CCC(OC(C)NC(C)OC(CC)[SiH2]OC(C)C)[SiH2]OC(C)C. The van der Waals surface area contributed by atoms with Crippen LogP contribution in [0.4, 0.5) is 0 Å². The van der Waals surface area contributed by atoms with E-state index in [2.05, 4.69) is 46.9 Å². The fraction of sp³-hybridized carbons (Fsp3) is 1.00. The molecule has 0 rings (SSSR count). The largest absolute Gasteiger partial charge is 0.419 e. The summed E-state index contributed by atoms with van der Waals surface area (Å²) in [6.07, 6.45) is 2.49. The zero-order valence-corrected chi connectivity index (χ0v) is 19.3. The van der Waals surface area contributed by atoms with E-state index in [1.54, 1.807) is 0 Å². The van der Waals surface area contributed by atoms with Crippen LogP contribution in [0.2, 0.25) is 0 Å². The molecule has 0 aliphatic carbocycles. The molecule has 0 saturated heterocycles. The first kappa shape index (κ1) is 23.2. The van der Waals surface area contributed by atoms with Crippen LogP contribution in [0.15, 0.2) is 0 Å². The van der Waals surface area contributed by atoms with Gasteiger partial charge in [0, 0.05) is 12.2 Å². The number of hydrogen-bond acceptors (Lipinski definition) is 5. The van der Waals surface area contributed by atoms with Crippen LogP contribution < -0.4 is 5.32 Å². The summed E-state index contributed by atoms with van der Waals surface area (Å²) in [5.74, 6) is 0. The molecule has 0 bridgehead atoms. The van der Waals surface area contributed by atoms with Gasteiger partial charge in [0.2, 0.25) is 0 Å². The first-order valence-electron chi connectivity index (χ1n) is 9.08. The summed E-state index contributed by atoms with van der Waals surface area (Å²) < 4.78 is 23.7. The minimum atomic E-state index is -0.659. The Morgan fingerprint density at radius 3 is 1.30 bits per heavy atom. The minimum absolute atomic E-state index is 0.0385. The highest BCUT2D eigenvalue weighted by Crippen LogP contribution is 2.06. The summed E-state index contributed by atoms with van der Waals surface area (Å²) in [6, 6.07) is 0. The van der Waals surface area contributed by atoms with Crippen LogP contribution in [0.1, 0.15) is 68.2 Å². The molecule has 7 heteroatoms. The quantitative estimate of drug-likeness (QED) is 0.376. The Hall–Kier alpha value is 0.234. The van der Waals surface area contributed by atoms with E-state index in [0.717, 1.165) is 12.8 Å². The zero-order valence-electron chi connectivity index (χ0n) is 16.4. The van der Waals surface area contributed by atoms with Gasteiger partial charge < -0.3 is 18.3 Å². The highest BCUT2D eigenvalue weighted by atomic mass is 28.2. The molecule has 23 heavy (non-hydrogen) atoms. The number of ether oxygens (including phenoxy) is 2. The summed E-state index contributed by atoms with van der Waals surface area (Å²) in [5, 5.41) is 3.37. The highest BCUT2D eigenvalue weighted by molar-refractivity contribution is 6.29. The van der Waals surface area contributed by atoms with Gasteiger partial charge in [-0.3, -0.25) is 5.32 Å². The summed E-state index contributed by atoms with van der Waals surface area (Å²) in [6.45, 7) is 16.7. The fourth-order valence-corrected chi connectivity index (χ4v) is 4.50. The van der Waals surface area contributed by atoms with E-state index in [-0.39, 0.29) is 23.9 Å². The van der Waals surface area contributed by atoms with Gasteiger partial charge in [-0.05, 0) is 54.4 Å². The van der Waals surface area contributed by atoms with Crippen molar-refractivity contribution in [2.45, 2.75) is 104 Å². The fourth-order valence-electron chi connectivity index (χ4n) is 2.09. The summed E-state index contributed by atoms with van der Waals surface area (Å²) in [4.78, 5) is 0. The minimum Gasteiger partial charge on any atom is -0.419 e. The maximum Gasteiger partial charge on any atom is 0.190 e. The van der Waals surface area contributed by atoms with E-state index in [1.807, 2.05) is 13.8 Å². The topological polar surface area (TPSA) is 49.0 Å². The van der Waals surface area contributed by atoms with Crippen LogP contribution >= 0.6 is 0 Å². The Kier molecular flexibility index (Phi) is 13.7. The lowest BCUT2D eigenvalue weighted by atomic mass is 10.5. The Morgan fingerprint density at radius 2 is 1.04 bits per heavy atom. The Labute approximate surface area is 148 Å². The van der Waals surface area contributed by atoms with E-state index in [1.165, 1.54) is 0 Å². The van der Waals surface area contributed by atoms with Gasteiger partial charge in [-0.25, -0.2) is 0 Å². The molecule has 0 radical (unpaired) electrons. The van der Waals surface area contributed by atoms with Crippen molar-refractivity contribution in [3.05, 3.63) is 0 Å². The molecule has 0 spiro atoms. The average Bonchev–Trinajstić information content (AvgIpc) is 2.47. The number of hydrogen-bond donors (Lipinski definition) is 1. The van der Waals surface area contributed by atoms with Crippen LogP contribution in [0.25, 0.3) is 0 Å². The van der Waals surface area contributed by atoms with Crippen molar-refractivity contribution in [3.63, 3.8) is 0 Å². The van der Waals surface area contributed by atoms with Crippen molar-refractivity contribution in [3.8, 4) is 0 Å². The van der Waals surface area contributed by atoms with Gasteiger partial charge in [-0.15, -0.1) is 0 Å². The maximum absolute atomic E-state index is 6.06. The lowest BCUT2D eigenvalue weighted by Crippen LogP contribution is -2.44. The van der Waals surface area contributed by atoms with Gasteiger partial charge in [0.05, 0.1) is 11.5 Å². The van der Waals surface area contributed by atoms with Crippen molar-refractivity contribution in [2.75, 3.05) is 0 Å². The van der Waals surface area contributed by atoms with Gasteiger partial charge in [0.15, 0.2) is 19.5 Å². The van der Waals surface area contributed by atoms with Crippen molar-refractivity contribution in [2.24, 2.45) is 0 Å². The molecule has 5 nitrogen and oxygen atoms in total. The molecule has 1 N–H and O–H groups in total. The van der Waals surface area contributed by atoms with Crippen molar-refractivity contribution in [1.82, 2.24) is 5.32 Å². The van der Waals surface area contributed by atoms with E-state index in [9.17, 15) is 0 Å². The lowest BCUT2D eigenvalue weighted by Gasteiger charge is -2.28. The molecule has 0 aliphatic heterocycles. The summed E-state index contributed by atoms with van der Waals surface area (Å²) >= 11 is 0. The Morgan fingerprint density at radius 1 is 0.696 bits per heavy atom. The van der Waals surface area contributed by atoms with E-state index in [4.69, 9.17) is 18.3 Å². The van der Waals surface area contributed by atoms with Gasteiger partial charge >= 0.3 is 0 Å². The molecule has 0 fully saturated rings. The summed E-state index contributed by atoms with van der Waals surface area (Å²) in [5.41, 5.74) is 0.487. The molecule has 4 unspecified atom stereocenters. The van der Waals surface area contributed by atoms with E-state index >= 15 is 0 Å². The van der Waals surface area contributed by atoms with Gasteiger partial charge in [0.25, 0.3) is 0 Å². The smallest absolute Gasteiger partial charge is 0.190 e. The van der Waals surface area contributed by atoms with Crippen molar-refractivity contribution >= 4 is 19.5 Å². The van der Waals surface area contributed by atoms with Gasteiger partial charge in [0.1, 0.15) is 12.5 Å². The van der Waals surface area contributed by atoms with Crippen LogP contribution in [0.5, 0.6) is 0 Å². The molecule has 4 atom stereocenters. The predicted molar refractivity (Wildman–Crippen MR) is 102 cm³/mol. The molecular formula is C16H39NO4Si2. The third kappa shape index (κ3) is 13.2. The second-order valence-corrected chi connectivity index (χ2v) is 9.70. The second-order valence-electron chi connectivity index (χ2n) is 6.55. The van der Waals surface area contributed by atoms with Gasteiger partial charge in [-0.2, -0.15) is 0 Å². The average molecular weight is 366 g/mol. The van der Waals surface area contributed by atoms with Crippen LogP contribution in [-0.2, 0) is 18.3 Å². The maximum atomic E-state index is 6.06. The van der Waals surface area contributed by atoms with Gasteiger partial charge in [-0.1, -0.05) is 13.8 Å². The number of rotatable bonds is 14. The zero-order chi connectivity index (χ0) is 17.8. The molecule has 0 aromatic carbocycles. The van der Waals surface area contributed by atoms with Crippen LogP contribution in [-0.4, -0.2) is 55.6 Å². The molecule has 0 saturated carbocycles. The first-order chi connectivity index (χ1) is 10.8. The second kappa shape index (κ2) is 13.5. The molecule has 0 aliphatic rings. The standard InChI is InChI=1S/C16H39NO4Si2/c1-9-15(22-20-11(3)4)18-13(7)17-14(8)19-16(10-2)23-21-12(5)6/h11-17H,9-10,22-23H2,1-8H3. The first-order valence-corrected chi connectivity index (χ1v) is 11.9. The van der Waals surface area contributed by atoms with E-state index in [0.29, 0.717) is 12.2 Å². The normalized spacial score (nSPS) is 18.5. The molecule has 140 valence electrons. The third-order valence-electron chi connectivity index (χ3n) is 3.40. The van der Waals surface area contributed by atoms with Crippen LogP contribution in [0.3, 0.4) is 0 Å². The molecule has 0 heterocycles. The third-order valence-corrected chi connectivity index (χ3v) is 7.41. The van der Waals surface area contributed by atoms with Crippen molar-refractivity contribution in [1.29, 1.82) is 0 Å². The molecule has 0 aromatic heterocycles. The van der Waals surface area contributed by atoms with E-state index < -0.39 is 19.5 Å². The molecule has 0 amide bonds. The Balaban J connectivity index is 4.12. The molecule has 0 aromatic rings. The lowest BCUT2D eigenvalue weighted by molar-refractivity contribution is -0.0570. The van der Waals surface area contributed by atoms with Crippen LogP contribution in [0, 0.1) is 0 Å². The molecular weight excluding hydrogens is 326 g/mol. The number of nitrogens with one attached hydrogen (secondary N) is 1. The highest BCUT2D eigenvalue weighted by Gasteiger charge is 2.18.